The van der Waals surface area contributed by atoms with Gasteiger partial charge in [0.05, 0.1) is 11.3 Å². The van der Waals surface area contributed by atoms with Gasteiger partial charge >= 0.3 is 6.18 Å². The molecule has 1 nitrogen and oxygen atoms in total. The van der Waals surface area contributed by atoms with E-state index in [1.54, 1.807) is 13.0 Å². The Balaban J connectivity index is 2.64. The minimum absolute atomic E-state index is 0.118. The van der Waals surface area contributed by atoms with E-state index in [1.165, 1.54) is 12.3 Å². The predicted molar refractivity (Wildman–Crippen MR) is 59.4 cm³/mol. The molecule has 0 saturated carbocycles. The molecule has 0 aliphatic heterocycles. The van der Waals surface area contributed by atoms with Crippen LogP contribution in [-0.2, 0) is 6.18 Å². The monoisotopic (exact) mass is 255 g/mol. The van der Waals surface area contributed by atoms with Crippen molar-refractivity contribution >= 4 is 0 Å². The average Bonchev–Trinajstić information content (AvgIpc) is 2.27. The van der Waals surface area contributed by atoms with Crippen LogP contribution in [0.5, 0.6) is 0 Å². The third-order valence-corrected chi connectivity index (χ3v) is 2.48. The van der Waals surface area contributed by atoms with Crippen molar-refractivity contribution < 1.29 is 17.6 Å². The Hall–Kier alpha value is -1.91. The molecule has 0 aliphatic carbocycles. The van der Waals surface area contributed by atoms with Crippen LogP contribution in [0.25, 0.3) is 11.3 Å². The van der Waals surface area contributed by atoms with E-state index in [-0.39, 0.29) is 11.3 Å². The van der Waals surface area contributed by atoms with Crippen LogP contribution < -0.4 is 0 Å². The molecule has 0 amide bonds. The molecule has 1 heterocycles. The quantitative estimate of drug-likeness (QED) is 0.695. The molecule has 0 N–H and O–H groups in total. The minimum atomic E-state index is -4.61. The maximum Gasteiger partial charge on any atom is 0.417 e. The lowest BCUT2D eigenvalue weighted by Gasteiger charge is -2.12. The van der Waals surface area contributed by atoms with Crippen molar-refractivity contribution in [2.45, 2.75) is 13.1 Å². The van der Waals surface area contributed by atoms with E-state index in [9.17, 15) is 17.6 Å². The van der Waals surface area contributed by atoms with Crippen LogP contribution in [0.3, 0.4) is 0 Å². The molecule has 0 bridgehead atoms. The van der Waals surface area contributed by atoms with Crippen LogP contribution in [0.1, 0.15) is 11.1 Å². The molecule has 1 aromatic heterocycles. The van der Waals surface area contributed by atoms with Crippen LogP contribution in [0.2, 0.25) is 0 Å². The molecule has 0 unspecified atom stereocenters. The number of aromatic nitrogens is 1. The van der Waals surface area contributed by atoms with E-state index in [0.29, 0.717) is 6.07 Å². The Bertz CT molecular complexity index is 575. The van der Waals surface area contributed by atoms with E-state index in [2.05, 4.69) is 4.98 Å². The van der Waals surface area contributed by atoms with Gasteiger partial charge in [0, 0.05) is 11.8 Å². The summed E-state index contributed by atoms with van der Waals surface area (Å²) in [5, 5.41) is 0. The number of halogens is 4. The summed E-state index contributed by atoms with van der Waals surface area (Å²) in [5.41, 5.74) is -0.159. The van der Waals surface area contributed by atoms with Crippen LogP contribution in [0.15, 0.2) is 36.5 Å². The molecule has 94 valence electrons. The number of hydrogen-bond acceptors (Lipinski definition) is 1. The highest BCUT2D eigenvalue weighted by atomic mass is 19.4. The smallest absolute Gasteiger partial charge is 0.256 e. The van der Waals surface area contributed by atoms with E-state index < -0.39 is 17.6 Å². The van der Waals surface area contributed by atoms with Gasteiger partial charge in [-0.05, 0) is 42.8 Å². The normalized spacial score (nSPS) is 11.6. The fraction of sp³-hybridized carbons (Fsp3) is 0.154. The molecule has 0 fully saturated rings. The van der Waals surface area contributed by atoms with Crippen molar-refractivity contribution in [2.24, 2.45) is 0 Å². The molecular formula is C13H9F4N. The fourth-order valence-corrected chi connectivity index (χ4v) is 1.66. The highest BCUT2D eigenvalue weighted by Crippen LogP contribution is 2.36. The van der Waals surface area contributed by atoms with Gasteiger partial charge in [0.2, 0.25) is 0 Å². The topological polar surface area (TPSA) is 12.9 Å². The average molecular weight is 255 g/mol. The molecule has 0 saturated heterocycles. The highest BCUT2D eigenvalue weighted by Gasteiger charge is 2.34. The summed E-state index contributed by atoms with van der Waals surface area (Å²) in [5.74, 6) is -0.918. The SMILES string of the molecule is Cc1ccnc(-c2ccc(F)cc2C(F)(F)F)c1. The Morgan fingerprint density at radius 1 is 1.06 bits per heavy atom. The number of hydrogen-bond donors (Lipinski definition) is 0. The Labute approximate surface area is 101 Å². The first-order valence-electron chi connectivity index (χ1n) is 5.18. The van der Waals surface area contributed by atoms with Crippen LogP contribution in [0, 0.1) is 12.7 Å². The van der Waals surface area contributed by atoms with Gasteiger partial charge in [0.1, 0.15) is 5.82 Å². The standard InChI is InChI=1S/C13H9F4N/c1-8-4-5-18-12(6-8)10-3-2-9(14)7-11(10)13(15,16)17/h2-7H,1H3. The third kappa shape index (κ3) is 2.50. The highest BCUT2D eigenvalue weighted by molar-refractivity contribution is 5.65. The largest absolute Gasteiger partial charge is 0.417 e. The lowest BCUT2D eigenvalue weighted by molar-refractivity contribution is -0.137. The molecular weight excluding hydrogens is 246 g/mol. The number of alkyl halides is 3. The van der Waals surface area contributed by atoms with Crippen molar-refractivity contribution in [1.29, 1.82) is 0 Å². The second-order valence-electron chi connectivity index (χ2n) is 3.91. The number of benzene rings is 1. The molecule has 2 aromatic rings. The van der Waals surface area contributed by atoms with E-state index in [1.807, 2.05) is 0 Å². The summed E-state index contributed by atoms with van der Waals surface area (Å²) in [7, 11) is 0. The summed E-state index contributed by atoms with van der Waals surface area (Å²) < 4.78 is 51.4. The number of rotatable bonds is 1. The molecule has 1 aromatic carbocycles. The van der Waals surface area contributed by atoms with Gasteiger partial charge in [0.25, 0.3) is 0 Å². The molecule has 0 radical (unpaired) electrons. The molecule has 2 rings (SSSR count). The Kier molecular flexibility index (Phi) is 3.07. The summed E-state index contributed by atoms with van der Waals surface area (Å²) in [6.45, 7) is 1.75. The lowest BCUT2D eigenvalue weighted by atomic mass is 10.0. The van der Waals surface area contributed by atoms with Crippen molar-refractivity contribution in [3.05, 3.63) is 53.5 Å². The van der Waals surface area contributed by atoms with Gasteiger partial charge in [-0.2, -0.15) is 13.2 Å². The first kappa shape index (κ1) is 12.5. The lowest BCUT2D eigenvalue weighted by Crippen LogP contribution is -2.08. The summed E-state index contributed by atoms with van der Waals surface area (Å²) >= 11 is 0. The van der Waals surface area contributed by atoms with Gasteiger partial charge in [-0.1, -0.05) is 0 Å². The Morgan fingerprint density at radius 2 is 1.78 bits per heavy atom. The molecule has 5 heteroatoms. The molecule has 18 heavy (non-hydrogen) atoms. The van der Waals surface area contributed by atoms with Crippen molar-refractivity contribution in [1.82, 2.24) is 4.98 Å². The third-order valence-electron chi connectivity index (χ3n) is 2.48. The molecule has 0 spiro atoms. The van der Waals surface area contributed by atoms with Crippen LogP contribution in [-0.4, -0.2) is 4.98 Å². The number of nitrogens with zero attached hydrogens (tertiary/aromatic N) is 1. The van der Waals surface area contributed by atoms with Crippen LogP contribution >= 0.6 is 0 Å². The Morgan fingerprint density at radius 3 is 2.39 bits per heavy atom. The maximum atomic E-state index is 13.0. The second-order valence-corrected chi connectivity index (χ2v) is 3.91. The van der Waals surface area contributed by atoms with Crippen molar-refractivity contribution in [3.63, 3.8) is 0 Å². The second kappa shape index (κ2) is 4.40. The summed E-state index contributed by atoms with van der Waals surface area (Å²) in [6, 6.07) is 5.79. The first-order chi connectivity index (χ1) is 8.38. The van der Waals surface area contributed by atoms with Gasteiger partial charge in [-0.3, -0.25) is 4.98 Å². The predicted octanol–water partition coefficient (Wildman–Crippen LogP) is 4.21. The van der Waals surface area contributed by atoms with Crippen LogP contribution in [0.4, 0.5) is 17.6 Å². The van der Waals surface area contributed by atoms with E-state index in [0.717, 1.165) is 17.7 Å². The van der Waals surface area contributed by atoms with E-state index in [4.69, 9.17) is 0 Å². The van der Waals surface area contributed by atoms with Gasteiger partial charge in [-0.25, -0.2) is 4.39 Å². The summed E-state index contributed by atoms with van der Waals surface area (Å²) in [6.07, 6.45) is -3.18. The van der Waals surface area contributed by atoms with Gasteiger partial charge < -0.3 is 0 Å². The minimum Gasteiger partial charge on any atom is -0.256 e. The fourth-order valence-electron chi connectivity index (χ4n) is 1.66. The number of aryl methyl sites for hydroxylation is 1. The van der Waals surface area contributed by atoms with Gasteiger partial charge in [-0.15, -0.1) is 0 Å². The maximum absolute atomic E-state index is 13.0. The van der Waals surface area contributed by atoms with E-state index >= 15 is 0 Å². The number of pyridine rings is 1. The van der Waals surface area contributed by atoms with Gasteiger partial charge in [0.15, 0.2) is 0 Å². The zero-order valence-corrected chi connectivity index (χ0v) is 9.42. The zero-order valence-electron chi connectivity index (χ0n) is 9.42. The molecule has 0 aliphatic rings. The molecule has 0 atom stereocenters. The summed E-state index contributed by atoms with van der Waals surface area (Å²) in [4.78, 5) is 3.89. The van der Waals surface area contributed by atoms with Crippen molar-refractivity contribution in [3.8, 4) is 11.3 Å². The zero-order chi connectivity index (χ0) is 13.3. The first-order valence-corrected chi connectivity index (χ1v) is 5.18. The van der Waals surface area contributed by atoms with Crippen molar-refractivity contribution in [2.75, 3.05) is 0 Å².